The van der Waals surface area contributed by atoms with Crippen molar-refractivity contribution in [2.24, 2.45) is 0 Å². The van der Waals surface area contributed by atoms with Gasteiger partial charge < -0.3 is 68.7 Å². The molecule has 43 nitrogen and oxygen atoms in total. The average molecular weight is 1730 g/mol. The molecule has 0 saturated heterocycles. The SMILES string of the molecule is C=C1Cn2c(nc3c(ncn3C(C)C)c2=O)N1.CC(C)n1ccc(=O)c2nccn21.CC(C)n1ccc(=O)n2ccnc12.CC(C)n1cnc2c(=O)[nH]c(N)cc21.CC(C)n1cnc2c(=O)n3ccnc3[nH]c21.CC(C)n1cnc2c(N)ccnc21.CC(C)n1cnc2c1C=CCC2=O.Cc1nc2c(ncn2C(C)C)c(=O)[nH]1.Cc1nc2c(nnn2C(C)C)c(=O)[nH]1. The number of H-pyrrole nitrogens is 4. The lowest BCUT2D eigenvalue weighted by molar-refractivity contribution is 0.0990. The Labute approximate surface area is 723 Å². The highest BCUT2D eigenvalue weighted by Crippen LogP contribution is 2.25. The third-order valence-electron chi connectivity index (χ3n) is 20.0. The van der Waals surface area contributed by atoms with Gasteiger partial charge in [0.05, 0.1) is 67.4 Å². The van der Waals surface area contributed by atoms with E-state index >= 15 is 0 Å². The van der Waals surface area contributed by atoms with E-state index < -0.39 is 0 Å². The van der Waals surface area contributed by atoms with Crippen LogP contribution in [0.4, 0.5) is 17.5 Å². The zero-order valence-corrected chi connectivity index (χ0v) is 74.4. The molecule has 0 atom stereocenters. The molecule has 1 aliphatic heterocycles. The van der Waals surface area contributed by atoms with E-state index in [9.17, 15) is 38.4 Å². The molecule has 0 bridgehead atoms. The van der Waals surface area contributed by atoms with E-state index in [-0.39, 0.29) is 74.8 Å². The van der Waals surface area contributed by atoms with Gasteiger partial charge in [-0.3, -0.25) is 52.0 Å². The number of carbonyl (C=O) groups excluding carboxylic acids is 1. The van der Waals surface area contributed by atoms with Gasteiger partial charge in [-0.25, -0.2) is 73.4 Å². The van der Waals surface area contributed by atoms with E-state index in [0.29, 0.717) is 134 Å². The number of nitrogen functional groups attached to an aromatic ring is 2. The normalized spacial score (nSPS) is 12.2. The highest BCUT2D eigenvalue weighted by molar-refractivity contribution is 6.00. The van der Waals surface area contributed by atoms with Crippen LogP contribution >= 0.6 is 0 Å². The molecule has 18 aromatic rings. The minimum Gasteiger partial charge on any atom is -0.397 e. The smallest absolute Gasteiger partial charge is 0.287 e. The molecule has 19 heterocycles. The van der Waals surface area contributed by atoms with Crippen LogP contribution in [0.3, 0.4) is 0 Å². The molecule has 664 valence electrons. The van der Waals surface area contributed by atoms with E-state index in [1.165, 1.54) is 4.40 Å². The van der Waals surface area contributed by atoms with E-state index in [2.05, 4.69) is 162 Å². The second-order valence-electron chi connectivity index (χ2n) is 32.3. The van der Waals surface area contributed by atoms with Gasteiger partial charge in [0, 0.05) is 134 Å². The first kappa shape index (κ1) is 90.7. The van der Waals surface area contributed by atoms with Crippen LogP contribution in [0.15, 0.2) is 170 Å². The van der Waals surface area contributed by atoms with Crippen molar-refractivity contribution in [3.8, 4) is 0 Å². The lowest BCUT2D eigenvalue weighted by Gasteiger charge is -2.12. The van der Waals surface area contributed by atoms with Crippen molar-refractivity contribution in [2.75, 3.05) is 16.8 Å². The number of aryl methyl sites for hydroxylation is 2. The Morgan fingerprint density at radius 3 is 1.63 bits per heavy atom. The van der Waals surface area contributed by atoms with Gasteiger partial charge in [-0.15, -0.1) is 5.10 Å². The van der Waals surface area contributed by atoms with Gasteiger partial charge >= 0.3 is 0 Å². The number of Topliss-reactive ketones (excluding diaryl/α,β-unsaturated/α-hetero) is 1. The van der Waals surface area contributed by atoms with Crippen molar-refractivity contribution in [3.05, 3.63) is 232 Å². The summed E-state index contributed by atoms with van der Waals surface area (Å²) in [7, 11) is 0. The number of nitrogens with zero attached hydrogens (tertiary/aromatic N) is 28. The van der Waals surface area contributed by atoms with Crippen molar-refractivity contribution in [1.82, 2.24) is 154 Å². The summed E-state index contributed by atoms with van der Waals surface area (Å²) in [6.45, 7) is 44.5. The Morgan fingerprint density at radius 2 is 0.984 bits per heavy atom. The van der Waals surface area contributed by atoms with Crippen LogP contribution in [0, 0.1) is 13.8 Å². The third-order valence-corrected chi connectivity index (χ3v) is 20.0. The standard InChI is InChI=1S/C11H13N5O.C10H11N5O.C10H12N2O.2C9H12N4O.C9H12N4.2C9H11N3O.C8H11N5O/c1-6(2)16-5-12-8-9(16)14-11-13-7(3)4-15(11)10(8)17;1-6(2)15-5-12-7-8(15)13-10-11-3-4-14(10)9(7)16;1-7(2)12-6-11-10-8(12)4-3-5-9(10)13;1-5(2)13-4-10-7-8(13)11-6(3)12-9(7)14;1-5(2)13-4-11-8-6(13)3-7(10)12-9(8)14;1-6(2)13-5-12-8-7(10)3-4-11-9(8)13;1-7(2)11-5-3-8(13)12-6-4-10-9(11)12;1-7(2)11-5-3-8(13)9-10-4-6-12(9)11;1-4(2)13-7-6(11-12-13)8(14)10-5(3)9-7/h5-6H,3-4H2,1-2H3,(H,13,14);3-6H,1-2H3,(H,11,13);3-4,6-7H,5H2,1-2H3;4-5H,1-3H3,(H,11,12,14);3-5H,1-2H3,(H3,10,12,14);3-6H,1-2H3,(H2,10,11);2*3-7H,1-2H3;4H,1-3H3,(H,9,10,14). The summed E-state index contributed by atoms with van der Waals surface area (Å²) in [4.78, 5) is 157. The van der Waals surface area contributed by atoms with Gasteiger partial charge in [0.15, 0.2) is 61.6 Å². The molecule has 20 rings (SSSR count). The van der Waals surface area contributed by atoms with Crippen molar-refractivity contribution < 1.29 is 4.79 Å². The number of hydrogen-bond acceptors (Lipinski definition) is 26. The molecule has 2 aliphatic rings. The maximum atomic E-state index is 12.2. The van der Waals surface area contributed by atoms with Crippen LogP contribution < -0.4 is 55.6 Å². The van der Waals surface area contributed by atoms with E-state index in [4.69, 9.17) is 11.5 Å². The Bertz CT molecular complexity index is 7190. The van der Waals surface area contributed by atoms with Gasteiger partial charge in [0.1, 0.15) is 34.3 Å². The molecule has 9 N–H and O–H groups in total. The molecule has 1 aliphatic carbocycles. The summed E-state index contributed by atoms with van der Waals surface area (Å²) >= 11 is 0. The van der Waals surface area contributed by atoms with Crippen molar-refractivity contribution in [2.45, 2.75) is 206 Å². The Balaban J connectivity index is 0.000000130. The number of fused-ring (bicyclic) bond motifs is 11. The summed E-state index contributed by atoms with van der Waals surface area (Å²) in [5.74, 6) is 3.47. The number of aromatic amines is 4. The van der Waals surface area contributed by atoms with Crippen molar-refractivity contribution in [3.63, 3.8) is 0 Å². The summed E-state index contributed by atoms with van der Waals surface area (Å²) in [5, 5.41) is 10.7. The first-order chi connectivity index (χ1) is 60.3. The van der Waals surface area contributed by atoms with Gasteiger partial charge in [0.25, 0.3) is 33.4 Å². The number of rotatable bonds is 9. The molecule has 0 radical (unpaired) electrons. The minimum absolute atomic E-state index is 0.0376. The monoisotopic (exact) mass is 1730 g/mol. The summed E-state index contributed by atoms with van der Waals surface area (Å²) < 4.78 is 23.5. The van der Waals surface area contributed by atoms with Gasteiger partial charge in [-0.05, 0) is 151 Å². The Kier molecular flexibility index (Phi) is 27.2. The van der Waals surface area contributed by atoms with E-state index in [1.54, 1.807) is 150 Å². The number of aromatic nitrogens is 32. The van der Waals surface area contributed by atoms with Crippen molar-refractivity contribution >= 4 is 113 Å². The number of allylic oxidation sites excluding steroid dienone is 2. The maximum Gasteiger partial charge on any atom is 0.287 e. The molecule has 0 aromatic carbocycles. The number of imidazole rings is 9. The molecule has 0 amide bonds. The molecule has 0 saturated carbocycles. The average Bonchev–Trinajstić information content (AvgIpc) is 1.61. The fourth-order valence-electron chi connectivity index (χ4n) is 13.6. The minimum atomic E-state index is -0.237. The zero-order chi connectivity index (χ0) is 92.0. The Morgan fingerprint density at radius 1 is 0.441 bits per heavy atom. The van der Waals surface area contributed by atoms with Gasteiger partial charge in [0.2, 0.25) is 22.9 Å². The number of pyridine rings is 2. The molecular formula is C84H105N35O8. The number of carbonyl (C=O) groups is 1. The highest BCUT2D eigenvalue weighted by atomic mass is 16.2. The lowest BCUT2D eigenvalue weighted by Crippen LogP contribution is -2.19. The van der Waals surface area contributed by atoms with Crippen LogP contribution in [0.5, 0.6) is 0 Å². The van der Waals surface area contributed by atoms with E-state index in [1.807, 2.05) is 118 Å². The summed E-state index contributed by atoms with van der Waals surface area (Å²) in [6, 6.07) is 9.07. The fraction of sp³-hybridized carbons (Fsp3) is 0.369. The second-order valence-corrected chi connectivity index (χ2v) is 32.3. The fourth-order valence-corrected chi connectivity index (χ4v) is 13.6. The van der Waals surface area contributed by atoms with Crippen LogP contribution in [-0.4, -0.2) is 160 Å². The molecule has 18 aromatic heterocycles. The van der Waals surface area contributed by atoms with Gasteiger partial charge in [-0.2, -0.15) is 4.98 Å². The first-order valence-electron chi connectivity index (χ1n) is 41.2. The predicted octanol–water partition coefficient (Wildman–Crippen LogP) is 10.2. The number of nitrogens with one attached hydrogen (secondary N) is 5. The molecule has 127 heavy (non-hydrogen) atoms. The van der Waals surface area contributed by atoms with Crippen LogP contribution in [-0.2, 0) is 6.54 Å². The first-order valence-corrected chi connectivity index (χ1v) is 41.2. The molecule has 0 fully saturated rings. The number of nitrogens with two attached hydrogens (primary N) is 2. The second kappa shape index (κ2) is 38.1. The van der Waals surface area contributed by atoms with E-state index in [0.717, 1.165) is 33.7 Å². The maximum absolute atomic E-state index is 12.2. The molecule has 0 unspecified atom stereocenters. The number of ketones is 1. The topological polar surface area (TPSA) is 520 Å². The summed E-state index contributed by atoms with van der Waals surface area (Å²) in [6.07, 6.45) is 29.7. The van der Waals surface area contributed by atoms with Crippen LogP contribution in [0.2, 0.25) is 0 Å². The lowest BCUT2D eigenvalue weighted by atomic mass is 10.1. The van der Waals surface area contributed by atoms with Crippen LogP contribution in [0.25, 0.3) is 90.1 Å². The van der Waals surface area contributed by atoms with Crippen molar-refractivity contribution in [1.29, 1.82) is 0 Å². The molecule has 0 spiro atoms. The van der Waals surface area contributed by atoms with Gasteiger partial charge in [-0.1, -0.05) is 17.9 Å². The highest BCUT2D eigenvalue weighted by Gasteiger charge is 2.24. The predicted molar refractivity (Wildman–Crippen MR) is 487 cm³/mol. The quantitative estimate of drug-likeness (QED) is 0.0706. The Hall–Kier alpha value is -15.5. The molecular weight excluding hydrogens is 1630 g/mol. The summed E-state index contributed by atoms with van der Waals surface area (Å²) in [5.41, 5.74) is 20.8. The zero-order valence-electron chi connectivity index (χ0n) is 74.4. The number of anilines is 3. The largest absolute Gasteiger partial charge is 0.397 e. The molecule has 43 heteroatoms. The van der Waals surface area contributed by atoms with Crippen LogP contribution in [0.1, 0.15) is 213 Å². The number of hydrogen-bond donors (Lipinski definition) is 7. The third kappa shape index (κ3) is 19.3.